The Morgan fingerprint density at radius 1 is 0.500 bits per heavy atom. The van der Waals surface area contributed by atoms with Crippen molar-refractivity contribution in [2.45, 2.75) is 120 Å². The number of carboxylic acid groups (broad SMARTS) is 1. The van der Waals surface area contributed by atoms with Crippen molar-refractivity contribution in [3.05, 3.63) is 272 Å². The first-order valence-electron chi connectivity index (χ1n) is 36.9. The van der Waals surface area contributed by atoms with E-state index in [2.05, 4.69) is 141 Å². The second kappa shape index (κ2) is 47.3. The van der Waals surface area contributed by atoms with Gasteiger partial charge in [0.05, 0.1) is 71.3 Å². The molecule has 27 heteroatoms. The van der Waals surface area contributed by atoms with Gasteiger partial charge in [0.1, 0.15) is 50.6 Å². The molecule has 3 aromatic heterocycles. The third-order valence-electron chi connectivity index (χ3n) is 17.4. The molecular formula is C91H99Cl7N5O13PS. The van der Waals surface area contributed by atoms with Crippen LogP contribution in [-0.2, 0) is 24.6 Å². The van der Waals surface area contributed by atoms with Crippen LogP contribution in [0.5, 0.6) is 40.2 Å². The van der Waals surface area contributed by atoms with Gasteiger partial charge in [-0.3, -0.25) is 14.2 Å². The molecule has 0 aliphatic carbocycles. The maximum absolute atomic E-state index is 12.3. The summed E-state index contributed by atoms with van der Waals surface area (Å²) in [5, 5.41) is 11.8. The van der Waals surface area contributed by atoms with Gasteiger partial charge in [-0.1, -0.05) is 113 Å². The molecule has 0 aliphatic heterocycles. The van der Waals surface area contributed by atoms with Crippen LogP contribution in [-0.4, -0.2) is 102 Å². The molecule has 2 N–H and O–H groups in total. The molecule has 118 heavy (non-hydrogen) atoms. The zero-order valence-corrected chi connectivity index (χ0v) is 76.3. The number of carboxylic acids is 1. The number of carbonyl (C=O) groups excluding carboxylic acids is 1. The highest BCUT2D eigenvalue weighted by atomic mass is 36.0. The number of pyridine rings is 3. The first-order valence-corrected chi connectivity index (χ1v) is 44.9. The Bertz CT molecular complexity index is 5330. The van der Waals surface area contributed by atoms with E-state index in [1.54, 1.807) is 66.7 Å². The smallest absolute Gasteiger partial charge is 0.339 e. The summed E-state index contributed by atoms with van der Waals surface area (Å²) in [4.78, 5) is 52.1. The molecule has 12 rings (SSSR count). The van der Waals surface area contributed by atoms with Crippen molar-refractivity contribution in [3.63, 3.8) is 0 Å². The Morgan fingerprint density at radius 3 is 1.14 bits per heavy atom. The fraction of sp³-hybridized carbons (Fsp3) is 0.275. The third-order valence-corrected chi connectivity index (χ3v) is 18.0. The second-order valence-corrected chi connectivity index (χ2v) is 38.5. The van der Waals surface area contributed by atoms with Crippen LogP contribution in [0.25, 0.3) is 70.9 Å². The number of nitrogens with zero attached hydrogens (tertiary/aromatic N) is 4. The van der Waals surface area contributed by atoms with Crippen molar-refractivity contribution in [1.82, 2.24) is 19.9 Å². The molecule has 0 unspecified atom stereocenters. The van der Waals surface area contributed by atoms with E-state index in [9.17, 15) is 18.9 Å². The molecule has 0 spiro atoms. The Labute approximate surface area is 727 Å². The first-order chi connectivity index (χ1) is 55.6. The summed E-state index contributed by atoms with van der Waals surface area (Å²) in [7, 11) is 15.5. The number of hydrogen-bond acceptors (Lipinski definition) is 14. The topological polar surface area (TPSA) is 219 Å². The Morgan fingerprint density at radius 2 is 0.814 bits per heavy atom. The molecule has 626 valence electrons. The zero-order chi connectivity index (χ0) is 87.9. The van der Waals surface area contributed by atoms with Crippen LogP contribution in [0.3, 0.4) is 0 Å². The minimum absolute atomic E-state index is 0.0833. The molecule has 0 saturated carbocycles. The van der Waals surface area contributed by atoms with E-state index in [1.165, 1.54) is 17.2 Å². The van der Waals surface area contributed by atoms with Crippen LogP contribution in [0.1, 0.15) is 126 Å². The minimum Gasteiger partial charge on any atom is -0.497 e. The highest BCUT2D eigenvalue weighted by molar-refractivity contribution is 8.26. The highest BCUT2D eigenvalue weighted by Gasteiger charge is 2.18. The lowest BCUT2D eigenvalue weighted by Gasteiger charge is -2.19. The van der Waals surface area contributed by atoms with E-state index < -0.39 is 20.4 Å². The zero-order valence-electron chi connectivity index (χ0n) is 69.3. The van der Waals surface area contributed by atoms with E-state index in [0.717, 1.165) is 119 Å². The Kier molecular flexibility index (Phi) is 39.7. The van der Waals surface area contributed by atoms with E-state index in [0.29, 0.717) is 38.3 Å². The highest BCUT2D eigenvalue weighted by Crippen LogP contribution is 2.61. The first kappa shape index (κ1) is 99.0. The average molecular weight is 1780 g/mol. The fourth-order valence-electron chi connectivity index (χ4n) is 11.3. The number of aryl methyl sites for hydroxylation is 2. The quantitative estimate of drug-likeness (QED) is 0.0398. The number of fused-ring (bicyclic) bond motifs is 3. The predicted octanol–water partition coefficient (Wildman–Crippen LogP) is 26.8. The van der Waals surface area contributed by atoms with E-state index in [4.69, 9.17) is 72.2 Å². The number of amides is 1. The standard InChI is InChI=1S/C20H21NO2.2C19H18ClNO2.C13H19NO2.C11H13N.C9H10O3.Cl3OP.Cl2OS/c1-20(2,3)15-7-5-13(6-8-15)18-12-14-11-16(23-4)9-10-17(14)19(22)21-18;2*1-12(2)23-15-6-4-13(5-7-15)18-11-14-10-16(22-3)8-9-17(14)19(20)21-18;1-5-14(6-2)13(15)12-8-7-11(16-4)9-10(12)3;1-11(2,3)9-5-7-10(12-4)8-6-9;1-6-5-7(12-2)3-4-8(6)9(10)11;1-5(2,3)4;1-4(2)3/h5-12H,1-4H3,(H,21,22);2*4-12H,1-3H3;7-9H,5-6H2,1-4H3;5-8H,1-3H3;3-5H,1-2H3,(H,10,11);;. The van der Waals surface area contributed by atoms with Gasteiger partial charge >= 0.3 is 11.2 Å². The van der Waals surface area contributed by atoms with Crippen molar-refractivity contribution < 1.29 is 56.6 Å². The predicted molar refractivity (Wildman–Crippen MR) is 490 cm³/mol. The van der Waals surface area contributed by atoms with Crippen molar-refractivity contribution in [3.8, 4) is 74.0 Å². The van der Waals surface area contributed by atoms with Crippen molar-refractivity contribution in [2.75, 3.05) is 48.6 Å². The molecule has 0 radical (unpaired) electrons. The number of ether oxygens (including phenoxy) is 7. The number of hydrogen-bond donors (Lipinski definition) is 2. The number of halogens is 7. The minimum atomic E-state index is -3.22. The molecule has 0 fully saturated rings. The molecule has 9 aromatic carbocycles. The summed E-state index contributed by atoms with van der Waals surface area (Å²) < 4.78 is 55.8. The summed E-state index contributed by atoms with van der Waals surface area (Å²) in [5.74, 6) is 4.68. The van der Waals surface area contributed by atoms with Gasteiger partial charge in [-0.15, -0.1) is 0 Å². The summed E-state index contributed by atoms with van der Waals surface area (Å²) in [6.07, 6.45) is 0.308. The van der Waals surface area contributed by atoms with Crippen LogP contribution < -0.4 is 38.7 Å². The maximum atomic E-state index is 12.3. The lowest BCUT2D eigenvalue weighted by atomic mass is 9.86. The molecule has 0 atom stereocenters. The summed E-state index contributed by atoms with van der Waals surface area (Å²) in [6, 6.07) is 65.3. The number of rotatable bonds is 16. The van der Waals surface area contributed by atoms with Gasteiger partial charge in [-0.05, 0) is 302 Å². The molecule has 0 bridgehead atoms. The molecular weight excluding hydrogens is 1680 g/mol. The molecule has 12 aromatic rings. The number of carbonyl (C=O) groups is 2. The van der Waals surface area contributed by atoms with Gasteiger partial charge < -0.3 is 48.1 Å². The van der Waals surface area contributed by atoms with Crippen molar-refractivity contribution >= 4 is 143 Å². The Hall–Kier alpha value is -9.55. The van der Waals surface area contributed by atoms with Crippen molar-refractivity contribution in [1.29, 1.82) is 0 Å². The number of aromatic nitrogens is 3. The monoisotopic (exact) mass is 1780 g/mol. The van der Waals surface area contributed by atoms with Gasteiger partial charge in [0.25, 0.3) is 11.5 Å². The summed E-state index contributed by atoms with van der Waals surface area (Å²) in [5.41, 5.74) is 11.7. The number of benzene rings is 9. The van der Waals surface area contributed by atoms with Crippen LogP contribution in [0.2, 0.25) is 10.3 Å². The van der Waals surface area contributed by atoms with E-state index in [-0.39, 0.29) is 34.5 Å². The summed E-state index contributed by atoms with van der Waals surface area (Å²) >= 11 is 26.5. The van der Waals surface area contributed by atoms with Gasteiger partial charge in [0.2, 0.25) is 9.23 Å². The molecule has 0 aliphatic rings. The van der Waals surface area contributed by atoms with Gasteiger partial charge in [-0.25, -0.2) is 23.8 Å². The van der Waals surface area contributed by atoms with Gasteiger partial charge in [0.15, 0.2) is 5.69 Å². The number of aromatic amines is 1. The largest absolute Gasteiger partial charge is 0.497 e. The Balaban J connectivity index is 0.000000251. The lowest BCUT2D eigenvalue weighted by molar-refractivity contribution is 0.0694. The van der Waals surface area contributed by atoms with E-state index >= 15 is 0 Å². The fourth-order valence-corrected chi connectivity index (χ4v) is 11.8. The number of nitrogens with one attached hydrogen (secondary N) is 1. The summed E-state index contributed by atoms with van der Waals surface area (Å²) in [6.45, 7) is 37.0. The third kappa shape index (κ3) is 32.3. The maximum Gasteiger partial charge on any atom is 0.339 e. The molecule has 0 saturated heterocycles. The lowest BCUT2D eigenvalue weighted by Crippen LogP contribution is -2.30. The normalized spacial score (nSPS) is 10.8. The van der Waals surface area contributed by atoms with Gasteiger partial charge in [0, 0.05) is 73.0 Å². The number of H-pyrrole nitrogens is 1. The van der Waals surface area contributed by atoms with Crippen LogP contribution in [0, 0.1) is 20.4 Å². The molecule has 18 nitrogen and oxygen atoms in total. The number of aromatic carboxylic acids is 1. The second-order valence-electron chi connectivity index (χ2n) is 28.6. The van der Waals surface area contributed by atoms with Crippen LogP contribution >= 0.6 is 83.5 Å². The van der Waals surface area contributed by atoms with Crippen LogP contribution in [0.15, 0.2) is 211 Å². The average Bonchev–Trinajstić information content (AvgIpc) is 0.799. The number of methoxy groups -OCH3 is 5. The molecule has 1 amide bonds. The molecule has 3 heterocycles. The van der Waals surface area contributed by atoms with Crippen LogP contribution in [0.4, 0.5) is 5.69 Å². The van der Waals surface area contributed by atoms with Gasteiger partial charge in [-0.2, -0.15) is 0 Å². The van der Waals surface area contributed by atoms with E-state index in [1.807, 2.05) is 205 Å². The van der Waals surface area contributed by atoms with Crippen molar-refractivity contribution in [2.24, 2.45) is 0 Å². The SMILES string of the molecule is CCN(CC)C(=O)c1ccc(OC)cc1C.COc1ccc(C(=O)O)c(C)c1.COc1ccc2c(=O)[nH]c(-c3ccc(C(C)(C)C)cc3)cc2c1.COc1ccc2c(Cl)nc(-c3ccc(OC(C)C)cc3)cc2c1.COc1ccc2c(Cl)nc(-c3ccc(OC(C)C)cc3)cc2c1.O=P(Cl)(Cl)Cl.O=S(Cl)Cl.[C-]#[N+]c1ccc(C(C)(C)C)cc1.